The van der Waals surface area contributed by atoms with Crippen molar-refractivity contribution in [2.75, 3.05) is 13.7 Å². The van der Waals surface area contributed by atoms with Crippen LogP contribution in [0.4, 0.5) is 18.0 Å². The zero-order chi connectivity index (χ0) is 17.4. The van der Waals surface area contributed by atoms with E-state index in [1.54, 1.807) is 11.4 Å². The van der Waals surface area contributed by atoms with Crippen LogP contribution in [-0.4, -0.2) is 47.6 Å². The molecule has 0 radical (unpaired) electrons. The van der Waals surface area contributed by atoms with E-state index in [9.17, 15) is 27.9 Å². The molecule has 1 aromatic heterocycles. The second kappa shape index (κ2) is 6.00. The number of nitrogens with zero attached hydrogens (tertiary/aromatic N) is 1. The van der Waals surface area contributed by atoms with Crippen molar-refractivity contribution in [3.63, 3.8) is 0 Å². The van der Waals surface area contributed by atoms with Crippen molar-refractivity contribution in [1.29, 1.82) is 0 Å². The Morgan fingerprint density at radius 2 is 2.22 bits per heavy atom. The number of urea groups is 1. The summed E-state index contributed by atoms with van der Waals surface area (Å²) >= 11 is 1.06. The Morgan fingerprint density at radius 3 is 2.70 bits per heavy atom. The van der Waals surface area contributed by atoms with Gasteiger partial charge in [-0.15, -0.1) is 11.3 Å². The molecule has 1 fully saturated rings. The Hall–Kier alpha value is -1.81. The Labute approximate surface area is 133 Å². The molecule has 0 bridgehead atoms. The number of hydrogen-bond donors (Lipinski definition) is 2. The van der Waals surface area contributed by atoms with Crippen molar-refractivity contribution >= 4 is 23.3 Å². The van der Waals surface area contributed by atoms with Gasteiger partial charge in [0.15, 0.2) is 0 Å². The predicted octanol–water partition coefficient (Wildman–Crippen LogP) is 1.87. The molecule has 0 aromatic carbocycles. The molecule has 0 aliphatic carbocycles. The molecule has 10 heteroatoms. The molecule has 1 saturated heterocycles. The quantitative estimate of drug-likeness (QED) is 0.814. The average molecular weight is 352 g/mol. The van der Waals surface area contributed by atoms with Crippen LogP contribution in [0.2, 0.25) is 0 Å². The summed E-state index contributed by atoms with van der Waals surface area (Å²) < 4.78 is 45.3. The van der Waals surface area contributed by atoms with Crippen molar-refractivity contribution in [2.24, 2.45) is 5.92 Å². The highest BCUT2D eigenvalue weighted by atomic mass is 32.1. The first-order valence-electron chi connectivity index (χ1n) is 6.68. The molecule has 1 aromatic rings. The fraction of sp³-hybridized carbons (Fsp3) is 0.538. The molecule has 2 rings (SSSR count). The smallest absolute Gasteiger partial charge is 0.437 e. The van der Waals surface area contributed by atoms with E-state index in [4.69, 9.17) is 4.74 Å². The van der Waals surface area contributed by atoms with Gasteiger partial charge < -0.3 is 15.2 Å². The van der Waals surface area contributed by atoms with Crippen molar-refractivity contribution in [1.82, 2.24) is 10.2 Å². The average Bonchev–Trinajstić information content (AvgIpc) is 2.97. The van der Waals surface area contributed by atoms with E-state index in [-0.39, 0.29) is 11.5 Å². The molecule has 6 nitrogen and oxygen atoms in total. The molecule has 23 heavy (non-hydrogen) atoms. The minimum absolute atomic E-state index is 0.0820. The van der Waals surface area contributed by atoms with Gasteiger partial charge in [-0.05, 0) is 18.4 Å². The molecular weight excluding hydrogens is 337 g/mol. The van der Waals surface area contributed by atoms with Gasteiger partial charge in [-0.2, -0.15) is 13.2 Å². The summed E-state index contributed by atoms with van der Waals surface area (Å²) in [7, 11) is 0.777. The zero-order valence-electron chi connectivity index (χ0n) is 12.3. The van der Waals surface area contributed by atoms with Crippen LogP contribution in [0.15, 0.2) is 17.5 Å². The lowest BCUT2D eigenvalue weighted by molar-refractivity contribution is -0.328. The lowest BCUT2D eigenvalue weighted by Crippen LogP contribution is -2.73. The molecule has 2 amide bonds. The second-order valence-electron chi connectivity index (χ2n) is 4.96. The third-order valence-electron chi connectivity index (χ3n) is 3.67. The van der Waals surface area contributed by atoms with Gasteiger partial charge in [-0.25, -0.2) is 4.79 Å². The van der Waals surface area contributed by atoms with E-state index in [0.717, 1.165) is 18.4 Å². The van der Waals surface area contributed by atoms with Crippen LogP contribution in [0.3, 0.4) is 0 Å². The molecule has 3 atom stereocenters. The summed E-state index contributed by atoms with van der Waals surface area (Å²) in [5.74, 6) is -3.29. The summed E-state index contributed by atoms with van der Waals surface area (Å²) in [5, 5.41) is 14.2. The maximum Gasteiger partial charge on any atom is 0.437 e. The summed E-state index contributed by atoms with van der Waals surface area (Å²) in [5.41, 5.74) is -3.67. The highest BCUT2D eigenvalue weighted by Crippen LogP contribution is 2.47. The molecule has 2 N–H and O–H groups in total. The van der Waals surface area contributed by atoms with E-state index in [1.807, 2.05) is 0 Å². The van der Waals surface area contributed by atoms with E-state index in [0.29, 0.717) is 4.88 Å². The fourth-order valence-corrected chi connectivity index (χ4v) is 3.32. The summed E-state index contributed by atoms with van der Waals surface area (Å²) in [4.78, 5) is 24.5. The lowest BCUT2D eigenvalue weighted by atomic mass is 9.83. The number of halogens is 3. The number of amides is 2. The molecule has 1 aliphatic rings. The number of esters is 1. The van der Waals surface area contributed by atoms with Crippen molar-refractivity contribution in [2.45, 2.75) is 24.9 Å². The molecule has 2 heterocycles. The molecule has 0 saturated carbocycles. The number of ether oxygens (including phenoxy) is 1. The molecule has 0 spiro atoms. The predicted molar refractivity (Wildman–Crippen MR) is 74.5 cm³/mol. The minimum atomic E-state index is -5.24. The van der Waals surface area contributed by atoms with Crippen LogP contribution in [0.25, 0.3) is 0 Å². The highest BCUT2D eigenvalue weighted by Gasteiger charge is 2.69. The SMILES string of the molecule is CCOC(=O)[C@H]1[C@H](c2cccs2)NC(=O)N(C)[C@@]1(O)C(F)(F)F. The largest absolute Gasteiger partial charge is 0.466 e. The van der Waals surface area contributed by atoms with Crippen LogP contribution < -0.4 is 5.32 Å². The second-order valence-corrected chi connectivity index (χ2v) is 5.93. The Kier molecular flexibility index (Phi) is 4.58. The van der Waals surface area contributed by atoms with Gasteiger partial charge in [0.1, 0.15) is 5.92 Å². The molecule has 0 unspecified atom stereocenters. The molecule has 1 aliphatic heterocycles. The standard InChI is InChI=1S/C13H15F3N2O4S/c1-3-22-10(19)8-9(7-5-4-6-23-7)17-11(20)18(2)12(8,21)13(14,15)16/h4-6,8-9,21H,3H2,1-2H3,(H,17,20)/t8-,9+,12+/m1/s1. The van der Waals surface area contributed by atoms with Gasteiger partial charge >= 0.3 is 18.2 Å². The number of carbonyl (C=O) groups is 2. The third kappa shape index (κ3) is 2.76. The maximum absolute atomic E-state index is 13.5. The van der Waals surface area contributed by atoms with E-state index < -0.39 is 35.9 Å². The van der Waals surface area contributed by atoms with Gasteiger partial charge in [0.05, 0.1) is 12.6 Å². The summed E-state index contributed by atoms with van der Waals surface area (Å²) in [6, 6.07) is 0.566. The number of rotatable bonds is 3. The normalized spacial score (nSPS) is 28.4. The number of aliphatic hydroxyl groups is 1. The van der Waals surface area contributed by atoms with Crippen molar-refractivity contribution < 1.29 is 32.6 Å². The molecular formula is C13H15F3N2O4S. The van der Waals surface area contributed by atoms with Crippen LogP contribution in [-0.2, 0) is 9.53 Å². The topological polar surface area (TPSA) is 78.9 Å². The Balaban J connectivity index is 2.59. The fourth-order valence-electron chi connectivity index (χ4n) is 2.51. The highest BCUT2D eigenvalue weighted by molar-refractivity contribution is 7.10. The Bertz CT molecular complexity index is 593. The van der Waals surface area contributed by atoms with Crippen LogP contribution >= 0.6 is 11.3 Å². The van der Waals surface area contributed by atoms with Gasteiger partial charge in [-0.3, -0.25) is 9.69 Å². The van der Waals surface area contributed by atoms with Crippen LogP contribution in [0.1, 0.15) is 17.8 Å². The first kappa shape index (κ1) is 17.5. The monoisotopic (exact) mass is 352 g/mol. The minimum Gasteiger partial charge on any atom is -0.466 e. The zero-order valence-corrected chi connectivity index (χ0v) is 13.1. The van der Waals surface area contributed by atoms with E-state index >= 15 is 0 Å². The van der Waals surface area contributed by atoms with Gasteiger partial charge in [-0.1, -0.05) is 6.07 Å². The van der Waals surface area contributed by atoms with Gasteiger partial charge in [0, 0.05) is 11.9 Å². The van der Waals surface area contributed by atoms with Crippen molar-refractivity contribution in [3.8, 4) is 0 Å². The van der Waals surface area contributed by atoms with E-state index in [2.05, 4.69) is 5.32 Å². The number of carbonyl (C=O) groups excluding carboxylic acids is 2. The van der Waals surface area contributed by atoms with E-state index in [1.165, 1.54) is 13.0 Å². The Morgan fingerprint density at radius 1 is 1.57 bits per heavy atom. The number of alkyl halides is 3. The number of nitrogens with one attached hydrogen (secondary N) is 1. The first-order valence-corrected chi connectivity index (χ1v) is 7.56. The number of thiophene rings is 1. The third-order valence-corrected chi connectivity index (χ3v) is 4.62. The van der Waals surface area contributed by atoms with Crippen LogP contribution in [0, 0.1) is 5.92 Å². The van der Waals surface area contributed by atoms with Crippen LogP contribution in [0.5, 0.6) is 0 Å². The number of hydrogen-bond acceptors (Lipinski definition) is 5. The molecule has 128 valence electrons. The first-order chi connectivity index (χ1) is 10.6. The van der Waals surface area contributed by atoms with Crippen molar-refractivity contribution in [3.05, 3.63) is 22.4 Å². The van der Waals surface area contributed by atoms with Gasteiger partial charge in [0.2, 0.25) is 0 Å². The summed E-state index contributed by atoms with van der Waals surface area (Å²) in [6.45, 7) is 1.29. The maximum atomic E-state index is 13.5. The lowest BCUT2D eigenvalue weighted by Gasteiger charge is -2.48. The summed E-state index contributed by atoms with van der Waals surface area (Å²) in [6.07, 6.45) is -5.24. The van der Waals surface area contributed by atoms with Gasteiger partial charge in [0.25, 0.3) is 5.72 Å².